The molecule has 0 unspecified atom stereocenters. The standard InChI is InChI=1S/C14H21NO4S/c1-19-13-6-5-12(10-16)9-14(13)20(17,18)15-8-7-11-3-2-4-11/h5-6,9,11,15-16H,2-4,7-8,10H2,1H3. The summed E-state index contributed by atoms with van der Waals surface area (Å²) in [5.41, 5.74) is 0.546. The van der Waals surface area contributed by atoms with E-state index in [1.807, 2.05) is 0 Å². The Kier molecular flexibility index (Phi) is 5.01. The molecule has 1 fully saturated rings. The van der Waals surface area contributed by atoms with Crippen molar-refractivity contribution in [2.45, 2.75) is 37.2 Å². The minimum atomic E-state index is -3.60. The molecule has 112 valence electrons. The molecule has 1 aromatic rings. The predicted molar refractivity (Wildman–Crippen MR) is 76.1 cm³/mol. The lowest BCUT2D eigenvalue weighted by Crippen LogP contribution is -2.28. The minimum absolute atomic E-state index is 0.0835. The molecule has 2 N–H and O–H groups in total. The molecule has 6 heteroatoms. The van der Waals surface area contributed by atoms with E-state index in [1.165, 1.54) is 32.4 Å². The Morgan fingerprint density at radius 1 is 1.40 bits per heavy atom. The second-order valence-electron chi connectivity index (χ2n) is 5.13. The number of hydrogen-bond acceptors (Lipinski definition) is 4. The lowest BCUT2D eigenvalue weighted by atomic mass is 9.83. The lowest BCUT2D eigenvalue weighted by molar-refractivity contribution is 0.281. The van der Waals surface area contributed by atoms with E-state index in [1.54, 1.807) is 12.1 Å². The van der Waals surface area contributed by atoms with Crippen LogP contribution in [0.4, 0.5) is 0 Å². The average molecular weight is 299 g/mol. The van der Waals surface area contributed by atoms with Gasteiger partial charge in [-0.3, -0.25) is 0 Å². The number of methoxy groups -OCH3 is 1. The molecule has 0 aliphatic heterocycles. The summed E-state index contributed by atoms with van der Waals surface area (Å²) in [6.07, 6.45) is 4.53. The molecule has 0 atom stereocenters. The minimum Gasteiger partial charge on any atom is -0.495 e. The molecular weight excluding hydrogens is 278 g/mol. The van der Waals surface area contributed by atoms with Gasteiger partial charge in [-0.15, -0.1) is 0 Å². The highest BCUT2D eigenvalue weighted by Crippen LogP contribution is 2.29. The van der Waals surface area contributed by atoms with Crippen LogP contribution in [0.15, 0.2) is 23.1 Å². The van der Waals surface area contributed by atoms with Crippen LogP contribution in [-0.4, -0.2) is 27.2 Å². The van der Waals surface area contributed by atoms with Crippen molar-refractivity contribution in [3.8, 4) is 5.75 Å². The first-order valence-corrected chi connectivity index (χ1v) is 8.32. The summed E-state index contributed by atoms with van der Waals surface area (Å²) in [6, 6.07) is 4.66. The number of aliphatic hydroxyl groups is 1. The fourth-order valence-electron chi connectivity index (χ4n) is 2.29. The van der Waals surface area contributed by atoms with Gasteiger partial charge in [0.1, 0.15) is 10.6 Å². The number of ether oxygens (including phenoxy) is 1. The third-order valence-electron chi connectivity index (χ3n) is 3.77. The molecule has 0 radical (unpaired) electrons. The SMILES string of the molecule is COc1ccc(CO)cc1S(=O)(=O)NCCC1CCC1. The third-order valence-corrected chi connectivity index (χ3v) is 5.25. The Morgan fingerprint density at radius 3 is 2.70 bits per heavy atom. The summed E-state index contributed by atoms with van der Waals surface area (Å²) >= 11 is 0. The quantitative estimate of drug-likeness (QED) is 0.803. The van der Waals surface area contributed by atoms with Crippen LogP contribution in [0, 0.1) is 5.92 Å². The molecule has 5 nitrogen and oxygen atoms in total. The van der Waals surface area contributed by atoms with E-state index in [0.717, 1.165) is 6.42 Å². The number of aliphatic hydroxyl groups excluding tert-OH is 1. The van der Waals surface area contributed by atoms with Gasteiger partial charge >= 0.3 is 0 Å². The second-order valence-corrected chi connectivity index (χ2v) is 6.86. The van der Waals surface area contributed by atoms with Gasteiger partial charge in [0, 0.05) is 6.54 Å². The van der Waals surface area contributed by atoms with Crippen molar-refractivity contribution >= 4 is 10.0 Å². The van der Waals surface area contributed by atoms with Crippen molar-refractivity contribution in [2.75, 3.05) is 13.7 Å². The summed E-state index contributed by atoms with van der Waals surface area (Å²) < 4.78 is 32.3. The highest BCUT2D eigenvalue weighted by Gasteiger charge is 2.22. The first kappa shape index (κ1) is 15.3. The summed E-state index contributed by atoms with van der Waals surface area (Å²) in [7, 11) is -2.17. The number of rotatable bonds is 7. The second kappa shape index (κ2) is 6.56. The van der Waals surface area contributed by atoms with E-state index in [0.29, 0.717) is 23.8 Å². The number of sulfonamides is 1. The van der Waals surface area contributed by atoms with Gasteiger partial charge in [0.05, 0.1) is 13.7 Å². The highest BCUT2D eigenvalue weighted by molar-refractivity contribution is 7.89. The van der Waals surface area contributed by atoms with Gasteiger partial charge in [0.2, 0.25) is 10.0 Å². The maximum Gasteiger partial charge on any atom is 0.244 e. The Balaban J connectivity index is 2.10. The van der Waals surface area contributed by atoms with Crippen LogP contribution in [0.1, 0.15) is 31.2 Å². The van der Waals surface area contributed by atoms with Crippen molar-refractivity contribution in [1.29, 1.82) is 0 Å². The molecule has 0 aromatic heterocycles. The van der Waals surface area contributed by atoms with Gasteiger partial charge < -0.3 is 9.84 Å². The smallest absolute Gasteiger partial charge is 0.244 e. The van der Waals surface area contributed by atoms with Crippen LogP contribution in [0.5, 0.6) is 5.75 Å². The largest absolute Gasteiger partial charge is 0.495 e. The number of hydrogen-bond donors (Lipinski definition) is 2. The molecule has 0 amide bonds. The Hall–Kier alpha value is -1.11. The van der Waals surface area contributed by atoms with Gasteiger partial charge in [-0.1, -0.05) is 25.3 Å². The molecule has 0 spiro atoms. The van der Waals surface area contributed by atoms with E-state index in [4.69, 9.17) is 9.84 Å². The molecule has 1 saturated carbocycles. The molecule has 0 bridgehead atoms. The molecule has 1 aliphatic rings. The predicted octanol–water partition coefficient (Wildman–Crippen LogP) is 1.66. The fraction of sp³-hybridized carbons (Fsp3) is 0.571. The zero-order chi connectivity index (χ0) is 14.6. The van der Waals surface area contributed by atoms with Crippen LogP contribution < -0.4 is 9.46 Å². The van der Waals surface area contributed by atoms with Crippen molar-refractivity contribution in [3.63, 3.8) is 0 Å². The molecular formula is C14H21NO4S. The van der Waals surface area contributed by atoms with E-state index in [-0.39, 0.29) is 11.5 Å². The molecule has 0 heterocycles. The Morgan fingerprint density at radius 2 is 2.15 bits per heavy atom. The summed E-state index contributed by atoms with van der Waals surface area (Å²) in [5.74, 6) is 0.946. The Bertz CT molecular complexity index is 552. The fourth-order valence-corrected chi connectivity index (χ4v) is 3.55. The zero-order valence-electron chi connectivity index (χ0n) is 11.6. The Labute approximate surface area is 120 Å². The van der Waals surface area contributed by atoms with Crippen LogP contribution in [-0.2, 0) is 16.6 Å². The van der Waals surface area contributed by atoms with Gasteiger partial charge in [0.25, 0.3) is 0 Å². The third kappa shape index (κ3) is 3.50. The van der Waals surface area contributed by atoms with Gasteiger partial charge in [-0.2, -0.15) is 0 Å². The van der Waals surface area contributed by atoms with Crippen molar-refractivity contribution in [3.05, 3.63) is 23.8 Å². The van der Waals surface area contributed by atoms with Crippen molar-refractivity contribution in [1.82, 2.24) is 4.72 Å². The van der Waals surface area contributed by atoms with Crippen LogP contribution in [0.3, 0.4) is 0 Å². The van der Waals surface area contributed by atoms with E-state index in [9.17, 15) is 8.42 Å². The van der Waals surface area contributed by atoms with E-state index < -0.39 is 10.0 Å². The normalized spacial score (nSPS) is 15.9. The van der Waals surface area contributed by atoms with Crippen LogP contribution in [0.2, 0.25) is 0 Å². The number of benzene rings is 1. The first-order chi connectivity index (χ1) is 9.56. The lowest BCUT2D eigenvalue weighted by Gasteiger charge is -2.25. The molecule has 0 saturated heterocycles. The van der Waals surface area contributed by atoms with Gasteiger partial charge in [-0.05, 0) is 30.0 Å². The molecule has 2 rings (SSSR count). The maximum absolute atomic E-state index is 12.3. The summed E-state index contributed by atoms with van der Waals surface area (Å²) in [5, 5.41) is 9.12. The van der Waals surface area contributed by atoms with Crippen molar-refractivity contribution in [2.24, 2.45) is 5.92 Å². The monoisotopic (exact) mass is 299 g/mol. The van der Waals surface area contributed by atoms with Gasteiger partial charge in [-0.25, -0.2) is 13.1 Å². The van der Waals surface area contributed by atoms with Crippen LogP contribution >= 0.6 is 0 Å². The van der Waals surface area contributed by atoms with Crippen molar-refractivity contribution < 1.29 is 18.3 Å². The summed E-state index contributed by atoms with van der Waals surface area (Å²) in [6.45, 7) is 0.244. The van der Waals surface area contributed by atoms with E-state index in [2.05, 4.69) is 4.72 Å². The van der Waals surface area contributed by atoms with Gasteiger partial charge in [0.15, 0.2) is 0 Å². The summed E-state index contributed by atoms with van der Waals surface area (Å²) in [4.78, 5) is 0.0835. The first-order valence-electron chi connectivity index (χ1n) is 6.84. The number of nitrogens with one attached hydrogen (secondary N) is 1. The topological polar surface area (TPSA) is 75.6 Å². The maximum atomic E-state index is 12.3. The molecule has 20 heavy (non-hydrogen) atoms. The highest BCUT2D eigenvalue weighted by atomic mass is 32.2. The molecule has 1 aromatic carbocycles. The van der Waals surface area contributed by atoms with Crippen LogP contribution in [0.25, 0.3) is 0 Å². The average Bonchev–Trinajstić information content (AvgIpc) is 2.40. The van der Waals surface area contributed by atoms with E-state index >= 15 is 0 Å². The zero-order valence-corrected chi connectivity index (χ0v) is 12.4. The molecule has 1 aliphatic carbocycles.